The largest absolute Gasteiger partial charge is 0.469 e. The first-order valence-corrected chi connectivity index (χ1v) is 8.17. The first-order valence-electron chi connectivity index (χ1n) is 7.80. The zero-order valence-electron chi connectivity index (χ0n) is 15.0. The Hall–Kier alpha value is -2.35. The van der Waals surface area contributed by atoms with Crippen molar-refractivity contribution in [2.24, 2.45) is 0 Å². The van der Waals surface area contributed by atoms with Gasteiger partial charge in [0.2, 0.25) is 5.91 Å². The summed E-state index contributed by atoms with van der Waals surface area (Å²) in [4.78, 5) is 35.2. The van der Waals surface area contributed by atoms with Crippen LogP contribution >= 0.6 is 11.6 Å². The SMILES string of the molecule is COC(=O)C[C@H](NC(=O)CNC(=O)OC(C)(C)C)c1cc(Cl)ccc1F. The number of nitrogens with one attached hydrogen (secondary N) is 2. The minimum Gasteiger partial charge on any atom is -0.469 e. The zero-order valence-corrected chi connectivity index (χ0v) is 15.8. The molecule has 0 radical (unpaired) electrons. The molecule has 7 nitrogen and oxygen atoms in total. The molecule has 0 saturated carbocycles. The number of carbonyl (C=O) groups is 3. The van der Waals surface area contributed by atoms with E-state index in [4.69, 9.17) is 16.3 Å². The van der Waals surface area contributed by atoms with Gasteiger partial charge in [-0.2, -0.15) is 0 Å². The summed E-state index contributed by atoms with van der Waals surface area (Å²) in [7, 11) is 1.18. The molecule has 2 amide bonds. The number of amides is 2. The predicted molar refractivity (Wildman–Crippen MR) is 93.2 cm³/mol. The molecule has 144 valence electrons. The maximum Gasteiger partial charge on any atom is 0.408 e. The van der Waals surface area contributed by atoms with Crippen LogP contribution in [0.5, 0.6) is 0 Å². The third-order valence-corrected chi connectivity index (χ3v) is 3.29. The average molecular weight is 389 g/mol. The van der Waals surface area contributed by atoms with Gasteiger partial charge in [0.05, 0.1) is 19.6 Å². The first kappa shape index (κ1) is 21.7. The Morgan fingerprint density at radius 1 is 1.27 bits per heavy atom. The standard InChI is InChI=1S/C17H22ClFN2O5/c1-17(2,3)26-16(24)20-9-14(22)21-13(8-15(23)25-4)11-7-10(18)5-6-12(11)19/h5-7,13H,8-9H2,1-4H3,(H,20,24)(H,21,22)/t13-/m0/s1. The van der Waals surface area contributed by atoms with Crippen LogP contribution in [0.15, 0.2) is 18.2 Å². The number of esters is 1. The van der Waals surface area contributed by atoms with Crippen molar-refractivity contribution in [3.8, 4) is 0 Å². The molecule has 0 bridgehead atoms. The highest BCUT2D eigenvalue weighted by atomic mass is 35.5. The maximum atomic E-state index is 14.1. The summed E-state index contributed by atoms with van der Waals surface area (Å²) < 4.78 is 23.7. The molecular weight excluding hydrogens is 367 g/mol. The Bertz CT molecular complexity index is 676. The van der Waals surface area contributed by atoms with Crippen molar-refractivity contribution in [3.05, 3.63) is 34.6 Å². The third-order valence-electron chi connectivity index (χ3n) is 3.06. The average Bonchev–Trinajstić information content (AvgIpc) is 2.53. The number of rotatable bonds is 6. The second-order valence-corrected chi connectivity index (χ2v) is 6.86. The number of hydrogen-bond acceptors (Lipinski definition) is 5. The van der Waals surface area contributed by atoms with Crippen molar-refractivity contribution < 1.29 is 28.2 Å². The fourth-order valence-electron chi connectivity index (χ4n) is 1.98. The molecule has 0 aliphatic rings. The lowest BCUT2D eigenvalue weighted by Crippen LogP contribution is -2.41. The molecule has 9 heteroatoms. The highest BCUT2D eigenvalue weighted by molar-refractivity contribution is 6.30. The summed E-state index contributed by atoms with van der Waals surface area (Å²) in [6.07, 6.45) is -1.07. The van der Waals surface area contributed by atoms with Crippen molar-refractivity contribution in [3.63, 3.8) is 0 Å². The Morgan fingerprint density at radius 3 is 2.50 bits per heavy atom. The van der Waals surface area contributed by atoms with Gasteiger partial charge < -0.3 is 20.1 Å². The Labute approximate surface area is 156 Å². The zero-order chi connectivity index (χ0) is 19.9. The van der Waals surface area contributed by atoms with Gasteiger partial charge in [0, 0.05) is 10.6 Å². The van der Waals surface area contributed by atoms with Crippen molar-refractivity contribution >= 4 is 29.6 Å². The quantitative estimate of drug-likeness (QED) is 0.731. The molecule has 2 N–H and O–H groups in total. The lowest BCUT2D eigenvalue weighted by Gasteiger charge is -2.21. The van der Waals surface area contributed by atoms with Crippen LogP contribution in [-0.4, -0.2) is 37.2 Å². The second-order valence-electron chi connectivity index (χ2n) is 6.42. The van der Waals surface area contributed by atoms with Crippen molar-refractivity contribution in [1.29, 1.82) is 0 Å². The van der Waals surface area contributed by atoms with E-state index in [0.29, 0.717) is 0 Å². The van der Waals surface area contributed by atoms with Gasteiger partial charge >= 0.3 is 12.1 Å². The van der Waals surface area contributed by atoms with E-state index in [-0.39, 0.29) is 17.0 Å². The summed E-state index contributed by atoms with van der Waals surface area (Å²) >= 11 is 5.86. The Kier molecular flexibility index (Phi) is 7.82. The van der Waals surface area contributed by atoms with E-state index in [1.807, 2.05) is 0 Å². The van der Waals surface area contributed by atoms with E-state index in [9.17, 15) is 18.8 Å². The number of methoxy groups -OCH3 is 1. The summed E-state index contributed by atoms with van der Waals surface area (Å²) in [5, 5.41) is 5.00. The van der Waals surface area contributed by atoms with E-state index in [1.165, 1.54) is 19.2 Å². The molecular formula is C17H22ClFN2O5. The number of ether oxygens (including phenoxy) is 2. The molecule has 1 aromatic carbocycles. The van der Waals surface area contributed by atoms with Crippen LogP contribution in [0.4, 0.5) is 9.18 Å². The first-order chi connectivity index (χ1) is 12.0. The molecule has 1 aromatic rings. The molecule has 0 aliphatic heterocycles. The topological polar surface area (TPSA) is 93.7 Å². The van der Waals surface area contributed by atoms with Gasteiger partial charge in [-0.1, -0.05) is 11.6 Å². The monoisotopic (exact) mass is 388 g/mol. The minimum absolute atomic E-state index is 0.0357. The predicted octanol–water partition coefficient (Wildman–Crippen LogP) is 2.72. The van der Waals surface area contributed by atoms with Gasteiger partial charge in [0.25, 0.3) is 0 Å². The van der Waals surface area contributed by atoms with Gasteiger partial charge in [-0.15, -0.1) is 0 Å². The second kappa shape index (κ2) is 9.38. The fraction of sp³-hybridized carbons (Fsp3) is 0.471. The van der Waals surface area contributed by atoms with E-state index in [0.717, 1.165) is 6.07 Å². The summed E-state index contributed by atoms with van der Waals surface area (Å²) in [6.45, 7) is 4.64. The summed E-state index contributed by atoms with van der Waals surface area (Å²) in [6, 6.07) is 2.79. The minimum atomic E-state index is -1.01. The number of benzene rings is 1. The van der Waals surface area contributed by atoms with Gasteiger partial charge in [0.15, 0.2) is 0 Å². The Morgan fingerprint density at radius 2 is 1.92 bits per heavy atom. The van der Waals surface area contributed by atoms with Crippen LogP contribution in [0.2, 0.25) is 5.02 Å². The van der Waals surface area contributed by atoms with E-state index >= 15 is 0 Å². The lowest BCUT2D eigenvalue weighted by atomic mass is 10.0. The number of halogens is 2. The molecule has 0 saturated heterocycles. The Balaban J connectivity index is 2.79. The molecule has 26 heavy (non-hydrogen) atoms. The van der Waals surface area contributed by atoms with Crippen LogP contribution in [-0.2, 0) is 19.1 Å². The van der Waals surface area contributed by atoms with E-state index in [2.05, 4.69) is 15.4 Å². The summed E-state index contributed by atoms with van der Waals surface area (Å²) in [5.74, 6) is -1.91. The number of hydrogen-bond donors (Lipinski definition) is 2. The highest BCUT2D eigenvalue weighted by Gasteiger charge is 2.23. The maximum absolute atomic E-state index is 14.1. The molecule has 0 aliphatic carbocycles. The fourth-order valence-corrected chi connectivity index (χ4v) is 2.16. The number of carbonyl (C=O) groups excluding carboxylic acids is 3. The van der Waals surface area contributed by atoms with Crippen LogP contribution in [0.25, 0.3) is 0 Å². The normalized spacial score (nSPS) is 12.1. The lowest BCUT2D eigenvalue weighted by molar-refractivity contribution is -0.141. The summed E-state index contributed by atoms with van der Waals surface area (Å²) in [5.41, 5.74) is -0.675. The third kappa shape index (κ3) is 7.69. The molecule has 0 aromatic heterocycles. The van der Waals surface area contributed by atoms with Crippen LogP contribution in [0, 0.1) is 5.82 Å². The highest BCUT2D eigenvalue weighted by Crippen LogP contribution is 2.24. The molecule has 1 rings (SSSR count). The smallest absolute Gasteiger partial charge is 0.408 e. The molecule has 0 spiro atoms. The van der Waals surface area contributed by atoms with Crippen molar-refractivity contribution in [1.82, 2.24) is 10.6 Å². The van der Waals surface area contributed by atoms with Gasteiger partial charge in [0.1, 0.15) is 18.0 Å². The molecule has 1 atom stereocenters. The van der Waals surface area contributed by atoms with Crippen LogP contribution < -0.4 is 10.6 Å². The van der Waals surface area contributed by atoms with Gasteiger partial charge in [-0.3, -0.25) is 9.59 Å². The van der Waals surface area contributed by atoms with Gasteiger partial charge in [-0.05, 0) is 39.0 Å². The van der Waals surface area contributed by atoms with E-state index < -0.39 is 42.0 Å². The van der Waals surface area contributed by atoms with Crippen LogP contribution in [0.3, 0.4) is 0 Å². The van der Waals surface area contributed by atoms with Crippen LogP contribution in [0.1, 0.15) is 38.8 Å². The number of alkyl carbamates (subject to hydrolysis) is 1. The molecule has 0 fully saturated rings. The van der Waals surface area contributed by atoms with Crippen molar-refractivity contribution in [2.75, 3.05) is 13.7 Å². The van der Waals surface area contributed by atoms with E-state index in [1.54, 1.807) is 20.8 Å². The van der Waals surface area contributed by atoms with Gasteiger partial charge in [-0.25, -0.2) is 9.18 Å². The molecule has 0 unspecified atom stereocenters. The van der Waals surface area contributed by atoms with Crippen molar-refractivity contribution in [2.45, 2.75) is 38.8 Å². The molecule has 0 heterocycles.